The summed E-state index contributed by atoms with van der Waals surface area (Å²) >= 11 is 0. The second kappa shape index (κ2) is 6.58. The molecule has 0 amide bonds. The van der Waals surface area contributed by atoms with Gasteiger partial charge in [-0.25, -0.2) is 4.68 Å². The van der Waals surface area contributed by atoms with Crippen molar-refractivity contribution >= 4 is 10.9 Å². The summed E-state index contributed by atoms with van der Waals surface area (Å²) in [6, 6.07) is 14.5. The molecule has 1 heterocycles. The van der Waals surface area contributed by atoms with Crippen molar-refractivity contribution in [3.05, 3.63) is 64.4 Å². The highest BCUT2D eigenvalue weighted by molar-refractivity contribution is 5.76. The summed E-state index contributed by atoms with van der Waals surface area (Å²) in [5.41, 5.74) is 1.35. The molecule has 0 aliphatic rings. The van der Waals surface area contributed by atoms with Crippen LogP contribution in [0.4, 0.5) is 0 Å². The van der Waals surface area contributed by atoms with Crippen molar-refractivity contribution < 1.29 is 9.84 Å². The fourth-order valence-electron chi connectivity index (χ4n) is 2.29. The Bertz CT molecular complexity index is 876. The van der Waals surface area contributed by atoms with E-state index < -0.39 is 6.10 Å². The normalized spacial score (nSPS) is 12.3. The summed E-state index contributed by atoms with van der Waals surface area (Å²) in [5, 5.41) is 18.4. The average molecular weight is 311 g/mol. The Hall–Kier alpha value is -2.73. The number of aryl methyl sites for hydroxylation is 1. The summed E-state index contributed by atoms with van der Waals surface area (Å²) < 4.78 is 6.69. The molecule has 0 aliphatic carbocycles. The van der Waals surface area contributed by atoms with Crippen LogP contribution in [0.2, 0.25) is 0 Å². The summed E-state index contributed by atoms with van der Waals surface area (Å²) in [5.74, 6) is 0.681. The van der Waals surface area contributed by atoms with E-state index in [1.54, 1.807) is 24.3 Å². The number of benzene rings is 2. The molecular weight excluding hydrogens is 294 g/mol. The van der Waals surface area contributed by atoms with E-state index in [4.69, 9.17) is 4.74 Å². The van der Waals surface area contributed by atoms with E-state index in [2.05, 4.69) is 10.3 Å². The number of hydrogen-bond acceptors (Lipinski definition) is 5. The highest BCUT2D eigenvalue weighted by Crippen LogP contribution is 2.12. The third-order valence-corrected chi connectivity index (χ3v) is 3.44. The van der Waals surface area contributed by atoms with Crippen LogP contribution in [0.15, 0.2) is 53.3 Å². The van der Waals surface area contributed by atoms with Crippen LogP contribution < -0.4 is 10.3 Å². The summed E-state index contributed by atoms with van der Waals surface area (Å²) in [7, 11) is 0. The van der Waals surface area contributed by atoms with Crippen LogP contribution >= 0.6 is 0 Å². The molecule has 1 aromatic heterocycles. The summed E-state index contributed by atoms with van der Waals surface area (Å²) in [6.45, 7) is 2.07. The van der Waals surface area contributed by atoms with Gasteiger partial charge in [0.25, 0.3) is 5.56 Å². The minimum absolute atomic E-state index is 0.0302. The van der Waals surface area contributed by atoms with Gasteiger partial charge in [0.05, 0.1) is 11.9 Å². The van der Waals surface area contributed by atoms with Gasteiger partial charge in [0.1, 0.15) is 24.0 Å². The molecule has 6 heteroatoms. The van der Waals surface area contributed by atoms with Crippen molar-refractivity contribution in [1.29, 1.82) is 0 Å². The van der Waals surface area contributed by atoms with Gasteiger partial charge in [0.2, 0.25) is 0 Å². The lowest BCUT2D eigenvalue weighted by molar-refractivity contribution is 0.0873. The van der Waals surface area contributed by atoms with Gasteiger partial charge in [-0.15, -0.1) is 5.10 Å². The quantitative estimate of drug-likeness (QED) is 0.773. The highest BCUT2D eigenvalue weighted by Gasteiger charge is 2.11. The number of hydrogen-bond donors (Lipinski definition) is 1. The van der Waals surface area contributed by atoms with Gasteiger partial charge >= 0.3 is 0 Å². The molecule has 0 unspecified atom stereocenters. The first-order valence-electron chi connectivity index (χ1n) is 7.33. The largest absolute Gasteiger partial charge is 0.491 e. The standard InChI is InChI=1S/C17H17N3O3/c1-12-5-4-6-14(9-12)23-11-13(21)10-20-17(22)15-7-2-3-8-16(15)18-19-20/h2-9,13,21H,10-11H2,1H3/t13-/m0/s1. The highest BCUT2D eigenvalue weighted by atomic mass is 16.5. The molecule has 0 spiro atoms. The predicted molar refractivity (Wildman–Crippen MR) is 86.5 cm³/mol. The molecule has 0 saturated carbocycles. The number of rotatable bonds is 5. The lowest BCUT2D eigenvalue weighted by Gasteiger charge is -2.13. The van der Waals surface area contributed by atoms with Crippen LogP contribution in [0.5, 0.6) is 5.75 Å². The van der Waals surface area contributed by atoms with Crippen LogP contribution in [-0.2, 0) is 6.54 Å². The number of ether oxygens (including phenoxy) is 1. The zero-order valence-corrected chi connectivity index (χ0v) is 12.7. The molecule has 0 saturated heterocycles. The van der Waals surface area contributed by atoms with Crippen LogP contribution in [0.3, 0.4) is 0 Å². The minimum atomic E-state index is -0.858. The van der Waals surface area contributed by atoms with Crippen molar-refractivity contribution in [3.8, 4) is 5.75 Å². The van der Waals surface area contributed by atoms with Gasteiger partial charge in [0, 0.05) is 0 Å². The van der Waals surface area contributed by atoms with Crippen molar-refractivity contribution in [1.82, 2.24) is 15.0 Å². The molecule has 3 aromatic rings. The van der Waals surface area contributed by atoms with Crippen molar-refractivity contribution in [3.63, 3.8) is 0 Å². The number of aliphatic hydroxyl groups is 1. The first-order chi connectivity index (χ1) is 11.1. The lowest BCUT2D eigenvalue weighted by atomic mass is 10.2. The first-order valence-corrected chi connectivity index (χ1v) is 7.33. The Morgan fingerprint density at radius 2 is 2.04 bits per heavy atom. The number of nitrogens with zero attached hydrogens (tertiary/aromatic N) is 3. The molecule has 1 N–H and O–H groups in total. The van der Waals surface area contributed by atoms with Gasteiger partial charge in [-0.05, 0) is 36.8 Å². The Morgan fingerprint density at radius 3 is 2.87 bits per heavy atom. The number of aromatic nitrogens is 3. The zero-order chi connectivity index (χ0) is 16.2. The Labute approximate surface area is 133 Å². The van der Waals surface area contributed by atoms with Crippen LogP contribution in [0.1, 0.15) is 5.56 Å². The van der Waals surface area contributed by atoms with Crippen molar-refractivity contribution in [2.75, 3.05) is 6.61 Å². The fraction of sp³-hybridized carbons (Fsp3) is 0.235. The average Bonchev–Trinajstić information content (AvgIpc) is 2.56. The second-order valence-electron chi connectivity index (χ2n) is 5.38. The van der Waals surface area contributed by atoms with Crippen LogP contribution in [0.25, 0.3) is 10.9 Å². The maximum Gasteiger partial charge on any atom is 0.277 e. The Morgan fingerprint density at radius 1 is 1.22 bits per heavy atom. The van der Waals surface area contributed by atoms with Gasteiger partial charge in [-0.3, -0.25) is 4.79 Å². The topological polar surface area (TPSA) is 77.2 Å². The van der Waals surface area contributed by atoms with Gasteiger partial charge in [0.15, 0.2) is 0 Å². The molecule has 0 radical (unpaired) electrons. The summed E-state index contributed by atoms with van der Waals surface area (Å²) in [6.07, 6.45) is -0.858. The predicted octanol–water partition coefficient (Wildman–Crippen LogP) is 1.54. The third-order valence-electron chi connectivity index (χ3n) is 3.44. The molecule has 0 fully saturated rings. The fourth-order valence-corrected chi connectivity index (χ4v) is 2.29. The minimum Gasteiger partial charge on any atom is -0.491 e. The van der Waals surface area contributed by atoms with Crippen molar-refractivity contribution in [2.45, 2.75) is 19.6 Å². The zero-order valence-electron chi connectivity index (χ0n) is 12.7. The van der Waals surface area contributed by atoms with E-state index >= 15 is 0 Å². The number of fused-ring (bicyclic) bond motifs is 1. The van der Waals surface area contributed by atoms with Crippen LogP contribution in [0, 0.1) is 6.92 Å². The van der Waals surface area contributed by atoms with Crippen LogP contribution in [-0.4, -0.2) is 32.8 Å². The molecule has 2 aromatic carbocycles. The van der Waals surface area contributed by atoms with Gasteiger partial charge in [-0.1, -0.05) is 29.5 Å². The molecule has 0 bridgehead atoms. The Kier molecular flexibility index (Phi) is 4.34. The molecule has 3 rings (SSSR count). The smallest absolute Gasteiger partial charge is 0.277 e. The molecule has 1 atom stereocenters. The first kappa shape index (κ1) is 15.2. The van der Waals surface area contributed by atoms with Gasteiger partial charge in [-0.2, -0.15) is 0 Å². The molecule has 0 aliphatic heterocycles. The molecule has 118 valence electrons. The maximum absolute atomic E-state index is 12.3. The van der Waals surface area contributed by atoms with E-state index in [1.165, 1.54) is 0 Å². The number of aliphatic hydroxyl groups excluding tert-OH is 1. The van der Waals surface area contributed by atoms with Crippen molar-refractivity contribution in [2.24, 2.45) is 0 Å². The lowest BCUT2D eigenvalue weighted by Crippen LogP contribution is -2.32. The van der Waals surface area contributed by atoms with Gasteiger partial charge < -0.3 is 9.84 Å². The van der Waals surface area contributed by atoms with E-state index in [-0.39, 0.29) is 18.7 Å². The third kappa shape index (κ3) is 3.54. The SMILES string of the molecule is Cc1cccc(OC[C@@H](O)Cn2nnc3ccccc3c2=O)c1. The molecular formula is C17H17N3O3. The van der Waals surface area contributed by atoms with E-state index in [1.807, 2.05) is 31.2 Å². The van der Waals surface area contributed by atoms with E-state index in [0.717, 1.165) is 10.2 Å². The monoisotopic (exact) mass is 311 g/mol. The summed E-state index contributed by atoms with van der Waals surface area (Å²) in [4.78, 5) is 12.3. The molecule has 6 nitrogen and oxygen atoms in total. The maximum atomic E-state index is 12.3. The van der Waals surface area contributed by atoms with E-state index in [0.29, 0.717) is 16.7 Å². The Balaban J connectivity index is 1.69. The second-order valence-corrected chi connectivity index (χ2v) is 5.38. The van der Waals surface area contributed by atoms with E-state index in [9.17, 15) is 9.90 Å². The molecule has 23 heavy (non-hydrogen) atoms.